The lowest BCUT2D eigenvalue weighted by molar-refractivity contribution is 0.345. The predicted molar refractivity (Wildman–Crippen MR) is 104 cm³/mol. The fourth-order valence-electron chi connectivity index (χ4n) is 3.09. The maximum Gasteiger partial charge on any atom is 0.192 e. The molecule has 6 heteroatoms. The van der Waals surface area contributed by atoms with Crippen LogP contribution in [-0.4, -0.2) is 32.8 Å². The zero-order chi connectivity index (χ0) is 18.4. The van der Waals surface area contributed by atoms with E-state index in [2.05, 4.69) is 48.5 Å². The molecular formula is C19H36N6. The van der Waals surface area contributed by atoms with Gasteiger partial charge in [0, 0.05) is 19.1 Å². The molecule has 1 aromatic heterocycles. The van der Waals surface area contributed by atoms with Crippen molar-refractivity contribution < 1.29 is 0 Å². The van der Waals surface area contributed by atoms with Gasteiger partial charge >= 0.3 is 0 Å². The molecule has 1 atom stereocenters. The van der Waals surface area contributed by atoms with E-state index in [0.717, 1.165) is 24.0 Å². The van der Waals surface area contributed by atoms with Crippen molar-refractivity contribution in [3.8, 4) is 0 Å². The van der Waals surface area contributed by atoms with Gasteiger partial charge in [-0.1, -0.05) is 33.6 Å². The summed E-state index contributed by atoms with van der Waals surface area (Å²) in [4.78, 5) is 4.79. The Kier molecular flexibility index (Phi) is 6.85. The van der Waals surface area contributed by atoms with Gasteiger partial charge in [0.15, 0.2) is 11.8 Å². The van der Waals surface area contributed by atoms with Crippen LogP contribution in [0, 0.1) is 12.3 Å². The summed E-state index contributed by atoms with van der Waals surface area (Å²) < 4.78 is 2.00. The molecule has 1 aliphatic carbocycles. The first-order valence-electron chi connectivity index (χ1n) is 9.67. The summed E-state index contributed by atoms with van der Waals surface area (Å²) in [5.41, 5.74) is 0.363. The van der Waals surface area contributed by atoms with Crippen LogP contribution >= 0.6 is 0 Å². The molecule has 0 saturated heterocycles. The summed E-state index contributed by atoms with van der Waals surface area (Å²) in [7, 11) is 1.99. The van der Waals surface area contributed by atoms with E-state index in [1.54, 1.807) is 0 Å². The minimum Gasteiger partial charge on any atom is -0.354 e. The third-order valence-electron chi connectivity index (χ3n) is 4.97. The summed E-state index contributed by atoms with van der Waals surface area (Å²) in [6.07, 6.45) is 7.43. The first-order chi connectivity index (χ1) is 11.7. The van der Waals surface area contributed by atoms with Crippen LogP contribution in [0.4, 0.5) is 0 Å². The summed E-state index contributed by atoms with van der Waals surface area (Å²) in [5.74, 6) is 2.73. The molecule has 2 rings (SSSR count). The fraction of sp³-hybridized carbons (Fsp3) is 0.842. The van der Waals surface area contributed by atoms with Gasteiger partial charge < -0.3 is 15.2 Å². The molecule has 0 aliphatic heterocycles. The van der Waals surface area contributed by atoms with Crippen molar-refractivity contribution >= 4 is 5.96 Å². The van der Waals surface area contributed by atoms with Crippen molar-refractivity contribution in [3.63, 3.8) is 0 Å². The molecule has 1 unspecified atom stereocenters. The second-order valence-corrected chi connectivity index (χ2v) is 8.66. The second-order valence-electron chi connectivity index (χ2n) is 8.66. The van der Waals surface area contributed by atoms with E-state index in [1.165, 1.54) is 32.1 Å². The Balaban J connectivity index is 1.98. The zero-order valence-electron chi connectivity index (χ0n) is 16.9. The quantitative estimate of drug-likeness (QED) is 0.611. The monoisotopic (exact) mass is 348 g/mol. The zero-order valence-corrected chi connectivity index (χ0v) is 16.9. The Labute approximate surface area is 152 Å². The molecule has 0 bridgehead atoms. The Morgan fingerprint density at radius 1 is 1.28 bits per heavy atom. The van der Waals surface area contributed by atoms with Gasteiger partial charge in [0.1, 0.15) is 12.4 Å². The normalized spacial score (nSPS) is 17.8. The summed E-state index contributed by atoms with van der Waals surface area (Å²) in [5, 5.41) is 15.6. The van der Waals surface area contributed by atoms with Gasteiger partial charge in [-0.15, -0.1) is 10.2 Å². The second kappa shape index (κ2) is 8.68. The Morgan fingerprint density at radius 2 is 1.96 bits per heavy atom. The lowest BCUT2D eigenvalue weighted by Crippen LogP contribution is -2.46. The van der Waals surface area contributed by atoms with Crippen molar-refractivity contribution in [2.75, 3.05) is 0 Å². The summed E-state index contributed by atoms with van der Waals surface area (Å²) >= 11 is 0. The van der Waals surface area contributed by atoms with Crippen LogP contribution < -0.4 is 10.6 Å². The average Bonchev–Trinajstić information content (AvgIpc) is 3.14. The molecule has 0 radical (unpaired) electrons. The Hall–Kier alpha value is -1.59. The minimum absolute atomic E-state index is 0.363. The highest BCUT2D eigenvalue weighted by Gasteiger charge is 2.18. The number of rotatable bonds is 6. The van der Waals surface area contributed by atoms with Gasteiger partial charge in [0.25, 0.3) is 0 Å². The smallest absolute Gasteiger partial charge is 0.192 e. The van der Waals surface area contributed by atoms with Crippen molar-refractivity contribution in [1.29, 1.82) is 0 Å². The van der Waals surface area contributed by atoms with Crippen molar-refractivity contribution in [2.24, 2.45) is 17.5 Å². The first kappa shape index (κ1) is 19.7. The van der Waals surface area contributed by atoms with E-state index in [-0.39, 0.29) is 0 Å². The molecule has 1 heterocycles. The van der Waals surface area contributed by atoms with Crippen molar-refractivity contribution in [2.45, 2.75) is 91.8 Å². The van der Waals surface area contributed by atoms with Crippen LogP contribution in [0.15, 0.2) is 4.99 Å². The standard InChI is InChI=1S/C19H36N6/c1-14(11-12-19(3,4)5)21-18(22-16-9-7-8-10-16)20-13-17-24-23-15(2)25(17)6/h14,16H,7-13H2,1-6H3,(H2,20,21,22). The molecule has 0 amide bonds. The molecular weight excluding hydrogens is 312 g/mol. The maximum absolute atomic E-state index is 4.79. The van der Waals surface area contributed by atoms with Crippen LogP contribution in [0.1, 0.15) is 77.9 Å². The third-order valence-corrected chi connectivity index (χ3v) is 4.97. The molecule has 1 aliphatic rings. The van der Waals surface area contributed by atoms with Crippen LogP contribution in [0.5, 0.6) is 0 Å². The van der Waals surface area contributed by atoms with Gasteiger partial charge in [0.2, 0.25) is 0 Å². The van der Waals surface area contributed by atoms with Crippen LogP contribution in [-0.2, 0) is 13.6 Å². The van der Waals surface area contributed by atoms with E-state index in [1.807, 2.05) is 18.5 Å². The number of hydrogen-bond donors (Lipinski definition) is 2. The fourth-order valence-corrected chi connectivity index (χ4v) is 3.09. The molecule has 2 N–H and O–H groups in total. The number of aryl methyl sites for hydroxylation is 1. The van der Waals surface area contributed by atoms with E-state index in [9.17, 15) is 0 Å². The largest absolute Gasteiger partial charge is 0.354 e. The van der Waals surface area contributed by atoms with E-state index in [4.69, 9.17) is 4.99 Å². The molecule has 1 fully saturated rings. The predicted octanol–water partition coefficient (Wildman–Crippen LogP) is 3.32. The Morgan fingerprint density at radius 3 is 2.52 bits per heavy atom. The number of guanidine groups is 1. The van der Waals surface area contributed by atoms with Gasteiger partial charge in [-0.05, 0) is 44.9 Å². The first-order valence-corrected chi connectivity index (χ1v) is 9.67. The van der Waals surface area contributed by atoms with E-state index < -0.39 is 0 Å². The van der Waals surface area contributed by atoms with Gasteiger partial charge in [-0.3, -0.25) is 0 Å². The van der Waals surface area contributed by atoms with Crippen molar-refractivity contribution in [3.05, 3.63) is 11.6 Å². The molecule has 142 valence electrons. The molecule has 6 nitrogen and oxygen atoms in total. The molecule has 1 aromatic rings. The maximum atomic E-state index is 4.79. The van der Waals surface area contributed by atoms with E-state index >= 15 is 0 Å². The molecule has 0 spiro atoms. The Bertz CT molecular complexity index is 563. The number of aromatic nitrogens is 3. The van der Waals surface area contributed by atoms with Crippen LogP contribution in [0.3, 0.4) is 0 Å². The topological polar surface area (TPSA) is 67.1 Å². The summed E-state index contributed by atoms with van der Waals surface area (Å²) in [6.45, 7) is 11.6. The third kappa shape index (κ3) is 6.67. The molecule has 25 heavy (non-hydrogen) atoms. The van der Waals surface area contributed by atoms with E-state index in [0.29, 0.717) is 24.0 Å². The van der Waals surface area contributed by atoms with Crippen LogP contribution in [0.2, 0.25) is 0 Å². The SMILES string of the molecule is Cc1nnc(CN=C(NC(C)CCC(C)(C)C)NC2CCCC2)n1C. The van der Waals surface area contributed by atoms with Gasteiger partial charge in [-0.2, -0.15) is 0 Å². The molecule has 0 aromatic carbocycles. The lowest BCUT2D eigenvalue weighted by atomic mass is 9.89. The number of hydrogen-bond acceptors (Lipinski definition) is 3. The number of nitrogens with zero attached hydrogens (tertiary/aromatic N) is 4. The highest BCUT2D eigenvalue weighted by molar-refractivity contribution is 5.80. The van der Waals surface area contributed by atoms with Crippen molar-refractivity contribution in [1.82, 2.24) is 25.4 Å². The van der Waals surface area contributed by atoms with Crippen LogP contribution in [0.25, 0.3) is 0 Å². The number of aliphatic imine (C=N–C) groups is 1. The van der Waals surface area contributed by atoms with Gasteiger partial charge in [0.05, 0.1) is 0 Å². The van der Waals surface area contributed by atoms with Gasteiger partial charge in [-0.25, -0.2) is 4.99 Å². The highest BCUT2D eigenvalue weighted by Crippen LogP contribution is 2.21. The molecule has 1 saturated carbocycles. The average molecular weight is 349 g/mol. The lowest BCUT2D eigenvalue weighted by Gasteiger charge is -2.24. The highest BCUT2D eigenvalue weighted by atomic mass is 15.3. The minimum atomic E-state index is 0.363. The summed E-state index contributed by atoms with van der Waals surface area (Å²) in [6, 6.07) is 0.940. The number of nitrogens with one attached hydrogen (secondary N) is 2.